The molecule has 0 atom stereocenters. The van der Waals surface area contributed by atoms with Crippen LogP contribution >= 0.6 is 0 Å². The average Bonchev–Trinajstić information content (AvgIpc) is 3.24. The Bertz CT molecular complexity index is 532. The van der Waals surface area contributed by atoms with Gasteiger partial charge in [0.05, 0.1) is 18.9 Å². The maximum atomic E-state index is 12.6. The summed E-state index contributed by atoms with van der Waals surface area (Å²) in [6.45, 7) is 5.77. The third-order valence-corrected chi connectivity index (χ3v) is 4.73. The highest BCUT2D eigenvalue weighted by molar-refractivity contribution is 5.94. The smallest absolute Gasteiger partial charge is 0.274 e. The van der Waals surface area contributed by atoms with Crippen LogP contribution in [0.25, 0.3) is 0 Å². The molecule has 0 unspecified atom stereocenters. The van der Waals surface area contributed by atoms with E-state index in [9.17, 15) is 4.79 Å². The summed E-state index contributed by atoms with van der Waals surface area (Å²) in [5.74, 6) is 0.968. The molecule has 1 aromatic heterocycles. The maximum absolute atomic E-state index is 12.6. The van der Waals surface area contributed by atoms with E-state index in [2.05, 4.69) is 15.1 Å². The van der Waals surface area contributed by atoms with Crippen molar-refractivity contribution in [1.82, 2.24) is 20.0 Å². The summed E-state index contributed by atoms with van der Waals surface area (Å²) in [6, 6.07) is 0. The van der Waals surface area contributed by atoms with Crippen molar-refractivity contribution in [3.63, 3.8) is 0 Å². The molecule has 2 aliphatic heterocycles. The SMILES string of the molecule is O=C(c1n[nH]c2c1CCN(CC1CC1)C2)N1CCOCC1. The number of rotatable bonds is 3. The van der Waals surface area contributed by atoms with Gasteiger partial charge in [0.15, 0.2) is 5.69 Å². The van der Waals surface area contributed by atoms with Crippen molar-refractivity contribution in [2.45, 2.75) is 25.8 Å². The van der Waals surface area contributed by atoms with E-state index in [1.54, 1.807) is 0 Å². The number of carbonyl (C=O) groups is 1. The number of hydrogen-bond donors (Lipinski definition) is 1. The number of morpholine rings is 1. The Kier molecular flexibility index (Phi) is 3.43. The number of ether oxygens (including phenoxy) is 1. The molecule has 1 saturated heterocycles. The number of nitrogens with zero attached hydrogens (tertiary/aromatic N) is 3. The van der Waals surface area contributed by atoms with Crippen LogP contribution in [-0.2, 0) is 17.7 Å². The predicted octanol–water partition coefficient (Wildman–Crippen LogP) is 0.650. The molecule has 1 saturated carbocycles. The summed E-state index contributed by atoms with van der Waals surface area (Å²) in [4.78, 5) is 16.9. The molecule has 1 aromatic rings. The lowest BCUT2D eigenvalue weighted by atomic mass is 10.0. The number of aromatic amines is 1. The molecule has 3 heterocycles. The van der Waals surface area contributed by atoms with Crippen molar-refractivity contribution >= 4 is 5.91 Å². The van der Waals surface area contributed by atoms with Crippen molar-refractivity contribution < 1.29 is 9.53 Å². The van der Waals surface area contributed by atoms with Gasteiger partial charge in [-0.3, -0.25) is 14.8 Å². The summed E-state index contributed by atoms with van der Waals surface area (Å²) in [6.07, 6.45) is 3.70. The number of nitrogens with one attached hydrogen (secondary N) is 1. The van der Waals surface area contributed by atoms with Crippen LogP contribution in [0.2, 0.25) is 0 Å². The van der Waals surface area contributed by atoms with Crippen LogP contribution in [0.5, 0.6) is 0 Å². The molecule has 0 radical (unpaired) electrons. The second-order valence-electron chi connectivity index (χ2n) is 6.36. The van der Waals surface area contributed by atoms with Gasteiger partial charge in [0.1, 0.15) is 0 Å². The minimum absolute atomic E-state index is 0.0615. The van der Waals surface area contributed by atoms with E-state index in [0.717, 1.165) is 36.7 Å². The number of aromatic nitrogens is 2. The molecule has 6 heteroatoms. The predicted molar refractivity (Wildman–Crippen MR) is 77.0 cm³/mol. The molecule has 21 heavy (non-hydrogen) atoms. The highest BCUT2D eigenvalue weighted by Gasteiger charge is 2.31. The fourth-order valence-corrected chi connectivity index (χ4v) is 3.29. The van der Waals surface area contributed by atoms with Crippen LogP contribution in [0.4, 0.5) is 0 Å². The Hall–Kier alpha value is -1.40. The zero-order valence-electron chi connectivity index (χ0n) is 12.3. The zero-order valence-corrected chi connectivity index (χ0v) is 12.3. The van der Waals surface area contributed by atoms with E-state index in [1.807, 2.05) is 4.90 Å². The topological polar surface area (TPSA) is 61.5 Å². The first-order valence-corrected chi connectivity index (χ1v) is 7.97. The zero-order chi connectivity index (χ0) is 14.2. The third kappa shape index (κ3) is 2.70. The first-order chi connectivity index (χ1) is 10.3. The van der Waals surface area contributed by atoms with Gasteiger partial charge in [0, 0.05) is 38.3 Å². The lowest BCUT2D eigenvalue weighted by Gasteiger charge is -2.28. The molecule has 3 aliphatic rings. The van der Waals surface area contributed by atoms with Crippen LogP contribution in [0.1, 0.15) is 34.6 Å². The molecule has 0 aromatic carbocycles. The molecule has 2 fully saturated rings. The minimum atomic E-state index is 0.0615. The lowest BCUT2D eigenvalue weighted by molar-refractivity contribution is 0.0298. The van der Waals surface area contributed by atoms with Crippen LogP contribution < -0.4 is 0 Å². The van der Waals surface area contributed by atoms with Crippen molar-refractivity contribution in [1.29, 1.82) is 0 Å². The Balaban J connectivity index is 1.47. The first kappa shape index (κ1) is 13.3. The van der Waals surface area contributed by atoms with Gasteiger partial charge in [-0.05, 0) is 25.2 Å². The van der Waals surface area contributed by atoms with Crippen molar-refractivity contribution in [2.24, 2.45) is 5.92 Å². The molecule has 0 bridgehead atoms. The van der Waals surface area contributed by atoms with Crippen molar-refractivity contribution in [2.75, 3.05) is 39.4 Å². The Labute approximate surface area is 124 Å². The molecule has 4 rings (SSSR count). The Morgan fingerprint density at radius 3 is 2.86 bits per heavy atom. The number of amides is 1. The van der Waals surface area contributed by atoms with Crippen LogP contribution in [-0.4, -0.2) is 65.3 Å². The second-order valence-corrected chi connectivity index (χ2v) is 6.36. The number of carbonyl (C=O) groups excluding carboxylic acids is 1. The summed E-state index contributed by atoms with van der Waals surface area (Å²) < 4.78 is 5.31. The Morgan fingerprint density at radius 2 is 2.10 bits per heavy atom. The van der Waals surface area contributed by atoms with Crippen LogP contribution in [0.15, 0.2) is 0 Å². The van der Waals surface area contributed by atoms with Gasteiger partial charge >= 0.3 is 0 Å². The van der Waals surface area contributed by atoms with Gasteiger partial charge in [-0.25, -0.2) is 0 Å². The third-order valence-electron chi connectivity index (χ3n) is 4.73. The normalized spacial score (nSPS) is 23.1. The molecule has 6 nitrogen and oxygen atoms in total. The fourth-order valence-electron chi connectivity index (χ4n) is 3.29. The minimum Gasteiger partial charge on any atom is -0.378 e. The standard InChI is InChI=1S/C15H22N4O2/c20-15(19-5-7-21-8-6-19)14-12-3-4-18(9-11-1-2-11)10-13(12)16-17-14/h11H,1-10H2,(H,16,17). The summed E-state index contributed by atoms with van der Waals surface area (Å²) in [7, 11) is 0. The van der Waals surface area contributed by atoms with E-state index < -0.39 is 0 Å². The van der Waals surface area contributed by atoms with Crippen LogP contribution in [0.3, 0.4) is 0 Å². The molecule has 114 valence electrons. The molecular weight excluding hydrogens is 268 g/mol. The maximum Gasteiger partial charge on any atom is 0.274 e. The molecular formula is C15H22N4O2. The van der Waals surface area contributed by atoms with Crippen molar-refractivity contribution in [3.8, 4) is 0 Å². The Morgan fingerprint density at radius 1 is 1.29 bits per heavy atom. The average molecular weight is 290 g/mol. The number of hydrogen-bond acceptors (Lipinski definition) is 4. The van der Waals surface area contributed by atoms with E-state index in [-0.39, 0.29) is 5.91 Å². The van der Waals surface area contributed by atoms with Crippen LogP contribution in [0, 0.1) is 5.92 Å². The van der Waals surface area contributed by atoms with Gasteiger partial charge in [-0.2, -0.15) is 5.10 Å². The molecule has 1 amide bonds. The van der Waals surface area contributed by atoms with E-state index in [1.165, 1.54) is 19.4 Å². The van der Waals surface area contributed by atoms with Gasteiger partial charge in [0.2, 0.25) is 0 Å². The molecule has 0 spiro atoms. The first-order valence-electron chi connectivity index (χ1n) is 7.97. The second kappa shape index (κ2) is 5.42. The number of H-pyrrole nitrogens is 1. The highest BCUT2D eigenvalue weighted by atomic mass is 16.5. The summed E-state index contributed by atoms with van der Waals surface area (Å²) >= 11 is 0. The summed E-state index contributed by atoms with van der Waals surface area (Å²) in [5, 5.41) is 7.42. The summed E-state index contributed by atoms with van der Waals surface area (Å²) in [5.41, 5.74) is 2.91. The van der Waals surface area contributed by atoms with Gasteiger partial charge in [0.25, 0.3) is 5.91 Å². The largest absolute Gasteiger partial charge is 0.378 e. The van der Waals surface area contributed by atoms with E-state index in [0.29, 0.717) is 32.0 Å². The van der Waals surface area contributed by atoms with Gasteiger partial charge in [-0.1, -0.05) is 0 Å². The van der Waals surface area contributed by atoms with Gasteiger partial charge < -0.3 is 9.64 Å². The monoisotopic (exact) mass is 290 g/mol. The number of fused-ring (bicyclic) bond motifs is 1. The van der Waals surface area contributed by atoms with Crippen molar-refractivity contribution in [3.05, 3.63) is 17.0 Å². The van der Waals surface area contributed by atoms with Gasteiger partial charge in [-0.15, -0.1) is 0 Å². The molecule has 1 aliphatic carbocycles. The fraction of sp³-hybridized carbons (Fsp3) is 0.733. The highest BCUT2D eigenvalue weighted by Crippen LogP contribution is 2.31. The molecule has 1 N–H and O–H groups in total. The van der Waals surface area contributed by atoms with E-state index in [4.69, 9.17) is 4.74 Å². The lowest BCUT2D eigenvalue weighted by Crippen LogP contribution is -2.41. The van der Waals surface area contributed by atoms with E-state index >= 15 is 0 Å². The quantitative estimate of drug-likeness (QED) is 0.888.